The largest absolute Gasteiger partial charge is 0.496 e. The second-order valence-corrected chi connectivity index (χ2v) is 6.49. The van der Waals surface area contributed by atoms with Crippen molar-refractivity contribution in [3.05, 3.63) is 22.2 Å². The van der Waals surface area contributed by atoms with E-state index < -0.39 is 0 Å². The fourth-order valence-corrected chi connectivity index (χ4v) is 3.61. The van der Waals surface area contributed by atoms with Crippen LogP contribution in [0.1, 0.15) is 31.7 Å². The number of ether oxygens (including phenoxy) is 2. The number of methoxy groups -OCH3 is 2. The van der Waals surface area contributed by atoms with Crippen LogP contribution in [0.15, 0.2) is 16.6 Å². The van der Waals surface area contributed by atoms with E-state index >= 15 is 0 Å². The number of piperidine rings is 1. The Balaban J connectivity index is 2.28. The summed E-state index contributed by atoms with van der Waals surface area (Å²) in [6.07, 6.45) is 3.67. The van der Waals surface area contributed by atoms with E-state index in [1.165, 1.54) is 19.3 Å². The van der Waals surface area contributed by atoms with E-state index in [-0.39, 0.29) is 0 Å². The summed E-state index contributed by atoms with van der Waals surface area (Å²) < 4.78 is 11.8. The highest BCUT2D eigenvalue weighted by Gasteiger charge is 2.27. The van der Waals surface area contributed by atoms with E-state index in [4.69, 9.17) is 15.2 Å². The van der Waals surface area contributed by atoms with E-state index in [2.05, 4.69) is 33.8 Å². The lowest BCUT2D eigenvalue weighted by Gasteiger charge is -2.40. The van der Waals surface area contributed by atoms with E-state index in [1.54, 1.807) is 14.2 Å². The van der Waals surface area contributed by atoms with Gasteiger partial charge in [-0.15, -0.1) is 0 Å². The lowest BCUT2D eigenvalue weighted by molar-refractivity contribution is 0.0882. The first kappa shape index (κ1) is 16.6. The molecule has 0 radical (unpaired) electrons. The topological polar surface area (TPSA) is 47.7 Å². The van der Waals surface area contributed by atoms with Crippen molar-refractivity contribution in [2.45, 2.75) is 44.8 Å². The molecular formula is C16H25BrN2O2. The molecule has 2 N–H and O–H groups in total. The van der Waals surface area contributed by atoms with Gasteiger partial charge in [0, 0.05) is 30.7 Å². The average Bonchev–Trinajstić information content (AvgIpc) is 2.50. The second-order valence-electron chi connectivity index (χ2n) is 5.64. The Kier molecular flexibility index (Phi) is 5.90. The summed E-state index contributed by atoms with van der Waals surface area (Å²) >= 11 is 3.51. The van der Waals surface area contributed by atoms with Gasteiger partial charge in [0.2, 0.25) is 0 Å². The molecule has 1 saturated heterocycles. The SMILES string of the molecule is COc1cc(CN2C(C)CCCC2CN)c(OC)cc1Br. The maximum atomic E-state index is 5.96. The molecule has 0 amide bonds. The quantitative estimate of drug-likeness (QED) is 0.879. The fraction of sp³-hybridized carbons (Fsp3) is 0.625. The van der Waals surface area contributed by atoms with Crippen LogP contribution in [0.4, 0.5) is 0 Å². The zero-order chi connectivity index (χ0) is 15.4. The Labute approximate surface area is 135 Å². The summed E-state index contributed by atoms with van der Waals surface area (Å²) in [6, 6.07) is 5.03. The molecule has 5 heteroatoms. The van der Waals surface area contributed by atoms with Crippen LogP contribution in [-0.4, -0.2) is 37.7 Å². The van der Waals surface area contributed by atoms with Crippen molar-refractivity contribution < 1.29 is 9.47 Å². The Hall–Kier alpha value is -0.780. The van der Waals surface area contributed by atoms with Crippen molar-refractivity contribution in [1.82, 2.24) is 4.90 Å². The van der Waals surface area contributed by atoms with Crippen LogP contribution in [-0.2, 0) is 6.54 Å². The average molecular weight is 357 g/mol. The summed E-state index contributed by atoms with van der Waals surface area (Å²) in [7, 11) is 3.39. The molecule has 118 valence electrons. The van der Waals surface area contributed by atoms with Crippen LogP contribution in [0.25, 0.3) is 0 Å². The Morgan fingerprint density at radius 3 is 2.57 bits per heavy atom. The zero-order valence-electron chi connectivity index (χ0n) is 13.1. The van der Waals surface area contributed by atoms with E-state index in [1.807, 2.05) is 6.07 Å². The highest BCUT2D eigenvalue weighted by atomic mass is 79.9. The van der Waals surface area contributed by atoms with Gasteiger partial charge in [0.25, 0.3) is 0 Å². The van der Waals surface area contributed by atoms with Gasteiger partial charge >= 0.3 is 0 Å². The van der Waals surface area contributed by atoms with Gasteiger partial charge in [0.05, 0.1) is 18.7 Å². The fourth-order valence-electron chi connectivity index (χ4n) is 3.12. The van der Waals surface area contributed by atoms with Crippen molar-refractivity contribution >= 4 is 15.9 Å². The molecule has 1 aliphatic rings. The van der Waals surface area contributed by atoms with Gasteiger partial charge < -0.3 is 15.2 Å². The lowest BCUT2D eigenvalue weighted by atomic mass is 9.95. The third kappa shape index (κ3) is 3.71. The smallest absolute Gasteiger partial charge is 0.133 e. The monoisotopic (exact) mass is 356 g/mol. The number of halogens is 1. The van der Waals surface area contributed by atoms with Gasteiger partial charge in [-0.1, -0.05) is 6.42 Å². The lowest BCUT2D eigenvalue weighted by Crippen LogP contribution is -2.48. The van der Waals surface area contributed by atoms with Crippen LogP contribution in [0.3, 0.4) is 0 Å². The second kappa shape index (κ2) is 7.47. The van der Waals surface area contributed by atoms with Crippen molar-refractivity contribution in [2.24, 2.45) is 5.73 Å². The van der Waals surface area contributed by atoms with Crippen LogP contribution in [0, 0.1) is 0 Å². The van der Waals surface area contributed by atoms with Gasteiger partial charge in [-0.25, -0.2) is 0 Å². The van der Waals surface area contributed by atoms with Gasteiger partial charge in [0.1, 0.15) is 11.5 Å². The number of rotatable bonds is 5. The number of benzene rings is 1. The Bertz CT molecular complexity index is 482. The Morgan fingerprint density at radius 1 is 1.24 bits per heavy atom. The van der Waals surface area contributed by atoms with Crippen molar-refractivity contribution in [3.8, 4) is 11.5 Å². The van der Waals surface area contributed by atoms with Crippen LogP contribution in [0.2, 0.25) is 0 Å². The summed E-state index contributed by atoms with van der Waals surface area (Å²) in [5.74, 6) is 1.72. The van der Waals surface area contributed by atoms with Gasteiger partial charge in [0.15, 0.2) is 0 Å². The van der Waals surface area contributed by atoms with Crippen LogP contribution < -0.4 is 15.2 Å². The van der Waals surface area contributed by atoms with Crippen molar-refractivity contribution in [3.63, 3.8) is 0 Å². The first-order valence-electron chi connectivity index (χ1n) is 7.46. The van der Waals surface area contributed by atoms with E-state index in [9.17, 15) is 0 Å². The van der Waals surface area contributed by atoms with Crippen LogP contribution in [0.5, 0.6) is 11.5 Å². The van der Waals surface area contributed by atoms with Crippen molar-refractivity contribution in [1.29, 1.82) is 0 Å². The molecule has 2 rings (SSSR count). The first-order valence-corrected chi connectivity index (χ1v) is 8.26. The molecule has 0 aromatic heterocycles. The number of nitrogens with zero attached hydrogens (tertiary/aromatic N) is 1. The molecule has 0 saturated carbocycles. The van der Waals surface area contributed by atoms with E-state index in [0.29, 0.717) is 18.6 Å². The minimum Gasteiger partial charge on any atom is -0.496 e. The molecule has 1 aromatic rings. The Morgan fingerprint density at radius 2 is 1.95 bits per heavy atom. The number of likely N-dealkylation sites (tertiary alicyclic amines) is 1. The minimum absolute atomic E-state index is 0.452. The summed E-state index contributed by atoms with van der Waals surface area (Å²) in [5, 5.41) is 0. The summed E-state index contributed by atoms with van der Waals surface area (Å²) in [6.45, 7) is 3.83. The van der Waals surface area contributed by atoms with Crippen molar-refractivity contribution in [2.75, 3.05) is 20.8 Å². The molecule has 1 aromatic carbocycles. The van der Waals surface area contributed by atoms with Gasteiger partial charge in [-0.3, -0.25) is 4.90 Å². The number of nitrogens with two attached hydrogens (primary N) is 1. The maximum absolute atomic E-state index is 5.96. The molecule has 1 aliphatic heterocycles. The molecule has 21 heavy (non-hydrogen) atoms. The molecule has 0 aliphatic carbocycles. The van der Waals surface area contributed by atoms with Gasteiger partial charge in [-0.05, 0) is 47.8 Å². The summed E-state index contributed by atoms with van der Waals surface area (Å²) in [5.41, 5.74) is 7.10. The molecule has 0 bridgehead atoms. The number of hydrogen-bond donors (Lipinski definition) is 1. The standard InChI is InChI=1S/C16H25BrN2O2/c1-11-5-4-6-13(9-18)19(11)10-12-7-16(21-3)14(17)8-15(12)20-2/h7-8,11,13H,4-6,9-10,18H2,1-3H3. The third-order valence-electron chi connectivity index (χ3n) is 4.37. The molecule has 1 fully saturated rings. The predicted molar refractivity (Wildman–Crippen MR) is 88.9 cm³/mol. The minimum atomic E-state index is 0.452. The molecule has 4 nitrogen and oxygen atoms in total. The number of hydrogen-bond acceptors (Lipinski definition) is 4. The molecule has 2 unspecified atom stereocenters. The predicted octanol–water partition coefficient (Wildman–Crippen LogP) is 3.17. The molecular weight excluding hydrogens is 332 g/mol. The van der Waals surface area contributed by atoms with E-state index in [0.717, 1.165) is 28.1 Å². The van der Waals surface area contributed by atoms with Crippen LogP contribution >= 0.6 is 15.9 Å². The van der Waals surface area contributed by atoms with Gasteiger partial charge in [-0.2, -0.15) is 0 Å². The zero-order valence-corrected chi connectivity index (χ0v) is 14.6. The molecule has 0 spiro atoms. The maximum Gasteiger partial charge on any atom is 0.133 e. The molecule has 2 atom stereocenters. The third-order valence-corrected chi connectivity index (χ3v) is 4.99. The molecule has 1 heterocycles. The normalized spacial score (nSPS) is 23.1. The summed E-state index contributed by atoms with van der Waals surface area (Å²) in [4.78, 5) is 2.49. The first-order chi connectivity index (χ1) is 10.1. The highest BCUT2D eigenvalue weighted by molar-refractivity contribution is 9.10. The highest BCUT2D eigenvalue weighted by Crippen LogP contribution is 2.35.